The molecule has 0 fully saturated rings. The van der Waals surface area contributed by atoms with Crippen LogP contribution in [0.15, 0.2) is 97.1 Å². The van der Waals surface area contributed by atoms with Gasteiger partial charge in [-0.3, -0.25) is 0 Å². The number of hydrogen-bond acceptors (Lipinski definition) is 0. The number of halogens is 3. The first-order chi connectivity index (χ1) is 20.3. The minimum Gasteiger partial charge on any atom is -1.00 e. The van der Waals surface area contributed by atoms with Crippen molar-refractivity contribution in [2.24, 2.45) is 0 Å². The zero-order valence-corrected chi connectivity index (χ0v) is 31.6. The third-order valence-electron chi connectivity index (χ3n) is 7.83. The topological polar surface area (TPSA) is 0 Å². The Balaban J connectivity index is 0.000000252. The van der Waals surface area contributed by atoms with Crippen molar-refractivity contribution in [3.05, 3.63) is 148 Å². The second-order valence-electron chi connectivity index (χ2n) is 13.5. The fraction of sp³-hybridized carbons (Fsp3) is 0.268. The number of aryl methyl sites for hydroxylation is 2. The van der Waals surface area contributed by atoms with Gasteiger partial charge in [0.2, 0.25) is 0 Å². The van der Waals surface area contributed by atoms with Crippen LogP contribution in [0.5, 0.6) is 0 Å². The Bertz CT molecular complexity index is 1620. The first-order valence-corrected chi connectivity index (χ1v) is 16.4. The zero-order valence-electron chi connectivity index (χ0n) is 27.7. The monoisotopic (exact) mass is 714 g/mol. The predicted molar refractivity (Wildman–Crippen MR) is 179 cm³/mol. The molecule has 1 aliphatic rings. The summed E-state index contributed by atoms with van der Waals surface area (Å²) in [5.41, 5.74) is 15.2. The molecule has 0 aromatic heterocycles. The van der Waals surface area contributed by atoms with E-state index in [-0.39, 0.29) is 41.5 Å². The van der Waals surface area contributed by atoms with Crippen LogP contribution in [0.2, 0.25) is 0 Å². The van der Waals surface area contributed by atoms with E-state index in [0.717, 1.165) is 12.0 Å². The van der Waals surface area contributed by atoms with Crippen LogP contribution >= 0.6 is 0 Å². The molecule has 5 aromatic rings. The quantitative estimate of drug-likeness (QED) is 0.225. The maximum Gasteiger partial charge on any atom is -1.00 e. The van der Waals surface area contributed by atoms with E-state index >= 15 is 0 Å². The number of hydrogen-bond donors (Lipinski definition) is 0. The SMILES string of the molecule is CC(C)(C)c1[c-]c2c(cc1)-c1ccc(C(C)(C)C)cc1C2.Cc1cc(-c2ccccc2)c(C)[cH-]1.Fc1ccc([CH]=[Zr+2])cc1.[Cl-].[Cl-]. The van der Waals surface area contributed by atoms with Crippen LogP contribution in [-0.2, 0) is 41.5 Å². The summed E-state index contributed by atoms with van der Waals surface area (Å²) in [6, 6.07) is 36.6. The van der Waals surface area contributed by atoms with Gasteiger partial charge in [0.05, 0.1) is 0 Å². The van der Waals surface area contributed by atoms with E-state index in [0.29, 0.717) is 0 Å². The third kappa shape index (κ3) is 10.2. The summed E-state index contributed by atoms with van der Waals surface area (Å²) in [4.78, 5) is 0. The Morgan fingerprint density at radius 2 is 1.36 bits per heavy atom. The van der Waals surface area contributed by atoms with Crippen LogP contribution in [0.1, 0.15) is 80.5 Å². The molecule has 0 aliphatic heterocycles. The molecule has 0 nitrogen and oxygen atoms in total. The smallest absolute Gasteiger partial charge is 1.00 e. The fourth-order valence-corrected chi connectivity index (χ4v) is 5.79. The van der Waals surface area contributed by atoms with Gasteiger partial charge in [0.1, 0.15) is 0 Å². The van der Waals surface area contributed by atoms with Crippen LogP contribution in [0.25, 0.3) is 22.3 Å². The van der Waals surface area contributed by atoms with Crippen molar-refractivity contribution in [3.8, 4) is 22.3 Å². The minimum atomic E-state index is -0.170. The molecule has 0 bridgehead atoms. The summed E-state index contributed by atoms with van der Waals surface area (Å²) in [5, 5.41) is 0. The van der Waals surface area contributed by atoms with Crippen molar-refractivity contribution in [1.29, 1.82) is 0 Å². The molecule has 1 aliphatic carbocycles. The Kier molecular flexibility index (Phi) is 14.1. The standard InChI is InChI=1S/C21H25.C13H13.C7H5F.2ClH.Zr/c1-20(2,3)16-7-9-18-14(12-16)11-15-13-17(21(4,5)6)8-10-19(15)18;1-10-8-11(2)13(9-10)12-6-4-3-5-7-12;1-6-2-4-7(8)5-3-6;;;/h7-10,12H,11H2,1-6H3;3-9H,1-2H3;1-5H;2*1H;/q2*-1;;;;+2/p-2. The second kappa shape index (κ2) is 16.4. The molecule has 0 N–H and O–H groups in total. The number of rotatable bonds is 2. The van der Waals surface area contributed by atoms with Crippen molar-refractivity contribution in [2.75, 3.05) is 0 Å². The fourth-order valence-electron chi connectivity index (χ4n) is 5.32. The van der Waals surface area contributed by atoms with E-state index in [1.165, 1.54) is 92.0 Å². The number of fused-ring (bicyclic) bond motifs is 3. The van der Waals surface area contributed by atoms with Crippen molar-refractivity contribution >= 4 is 3.71 Å². The molecule has 234 valence electrons. The molecular weight excluding hydrogens is 674 g/mol. The maximum absolute atomic E-state index is 12.2. The Hall–Kier alpha value is -2.51. The molecule has 0 atom stereocenters. The van der Waals surface area contributed by atoms with Gasteiger partial charge in [-0.15, -0.1) is 11.1 Å². The summed E-state index contributed by atoms with van der Waals surface area (Å²) in [7, 11) is 0. The summed E-state index contributed by atoms with van der Waals surface area (Å²) in [6.45, 7) is 17.9. The Morgan fingerprint density at radius 1 is 0.733 bits per heavy atom. The summed E-state index contributed by atoms with van der Waals surface area (Å²) in [5.74, 6) is -0.170. The molecule has 45 heavy (non-hydrogen) atoms. The second-order valence-corrected chi connectivity index (χ2v) is 14.2. The first kappa shape index (κ1) is 38.7. The van der Waals surface area contributed by atoms with Gasteiger partial charge in [-0.1, -0.05) is 115 Å². The Morgan fingerprint density at radius 3 is 1.89 bits per heavy atom. The van der Waals surface area contributed by atoms with Crippen molar-refractivity contribution in [3.63, 3.8) is 0 Å². The molecular formula is C41H43Cl2FZr-2. The van der Waals surface area contributed by atoms with E-state index in [1.807, 2.05) is 3.71 Å². The van der Waals surface area contributed by atoms with E-state index in [2.05, 4.69) is 134 Å². The van der Waals surface area contributed by atoms with E-state index in [9.17, 15) is 4.39 Å². The van der Waals surface area contributed by atoms with E-state index in [4.69, 9.17) is 0 Å². The van der Waals surface area contributed by atoms with Crippen molar-refractivity contribution < 1.29 is 53.4 Å². The van der Waals surface area contributed by atoms with Gasteiger partial charge in [0.25, 0.3) is 0 Å². The van der Waals surface area contributed by atoms with Gasteiger partial charge in [-0.2, -0.15) is 46.5 Å². The molecule has 0 saturated heterocycles. The number of benzene rings is 4. The van der Waals surface area contributed by atoms with Gasteiger partial charge in [-0.05, 0) is 28.4 Å². The third-order valence-corrected chi connectivity index (χ3v) is 8.65. The molecule has 0 radical (unpaired) electrons. The van der Waals surface area contributed by atoms with Gasteiger partial charge >= 0.3 is 68.0 Å². The zero-order chi connectivity index (χ0) is 31.4. The van der Waals surface area contributed by atoms with Crippen LogP contribution in [0.3, 0.4) is 0 Å². The van der Waals surface area contributed by atoms with E-state index < -0.39 is 0 Å². The first-order valence-electron chi connectivity index (χ1n) is 15.0. The van der Waals surface area contributed by atoms with Crippen molar-refractivity contribution in [2.45, 2.75) is 72.6 Å². The minimum absolute atomic E-state index is 0. The molecule has 0 saturated carbocycles. The normalized spacial score (nSPS) is 11.4. The van der Waals surface area contributed by atoms with Gasteiger partial charge < -0.3 is 24.8 Å². The predicted octanol–water partition coefficient (Wildman–Crippen LogP) is 4.87. The van der Waals surface area contributed by atoms with Crippen LogP contribution in [-0.4, -0.2) is 3.71 Å². The van der Waals surface area contributed by atoms with Crippen molar-refractivity contribution in [1.82, 2.24) is 0 Å². The maximum atomic E-state index is 12.2. The van der Waals surface area contributed by atoms with Crippen LogP contribution < -0.4 is 24.8 Å². The molecule has 0 amide bonds. The molecule has 0 unspecified atom stereocenters. The van der Waals surface area contributed by atoms with Gasteiger partial charge in [0, 0.05) is 0 Å². The average Bonchev–Trinajstić information content (AvgIpc) is 3.51. The van der Waals surface area contributed by atoms with Gasteiger partial charge in [-0.25, -0.2) is 6.07 Å². The molecule has 0 spiro atoms. The van der Waals surface area contributed by atoms with Gasteiger partial charge in [0.15, 0.2) is 0 Å². The molecule has 5 aromatic carbocycles. The Labute approximate surface area is 298 Å². The molecule has 6 rings (SSSR count). The molecule has 4 heteroatoms. The van der Waals surface area contributed by atoms with Crippen LogP contribution in [0, 0.1) is 25.7 Å². The van der Waals surface area contributed by atoms with E-state index in [1.54, 1.807) is 12.1 Å². The summed E-state index contributed by atoms with van der Waals surface area (Å²) >= 11 is 1.34. The largest absolute Gasteiger partial charge is 1.00 e. The molecule has 0 heterocycles. The van der Waals surface area contributed by atoms with Crippen LogP contribution in [0.4, 0.5) is 4.39 Å². The summed E-state index contributed by atoms with van der Waals surface area (Å²) in [6.07, 6.45) is 1.03. The summed E-state index contributed by atoms with van der Waals surface area (Å²) < 4.78 is 14.2. The average molecular weight is 717 g/mol.